The fourth-order valence-electron chi connectivity index (χ4n) is 2.44. The first-order valence-electron chi connectivity index (χ1n) is 8.86. The maximum atomic E-state index is 13.6. The van der Waals surface area contributed by atoms with Crippen molar-refractivity contribution >= 4 is 5.91 Å². The molecule has 0 bridgehead atoms. The minimum Gasteiger partial charge on any atom is -0.342 e. The van der Waals surface area contributed by atoms with Crippen LogP contribution in [0.1, 0.15) is 39.0 Å². The maximum absolute atomic E-state index is 13.6. The van der Waals surface area contributed by atoms with Gasteiger partial charge in [0.2, 0.25) is 5.91 Å². The molecule has 0 saturated carbocycles. The Morgan fingerprint density at radius 3 is 1.50 bits per heavy atom. The first-order valence-corrected chi connectivity index (χ1v) is 8.86. The quantitative estimate of drug-likeness (QED) is 0.165. The summed E-state index contributed by atoms with van der Waals surface area (Å²) in [6.07, 6.45) is -10.8. The lowest BCUT2D eigenvalue weighted by molar-refractivity contribution is -0.440. The van der Waals surface area contributed by atoms with Crippen LogP contribution in [-0.2, 0) is 4.79 Å². The van der Waals surface area contributed by atoms with Gasteiger partial charge in [-0.05, 0) is 19.8 Å². The van der Waals surface area contributed by atoms with Crippen molar-refractivity contribution in [1.29, 1.82) is 0 Å². The fourth-order valence-corrected chi connectivity index (χ4v) is 2.44. The van der Waals surface area contributed by atoms with Crippen molar-refractivity contribution in [1.82, 2.24) is 4.90 Å². The number of hydrogen-bond donors (Lipinski definition) is 0. The molecule has 15 heteroatoms. The van der Waals surface area contributed by atoms with Crippen LogP contribution in [0.15, 0.2) is 12.2 Å². The second kappa shape index (κ2) is 9.65. The highest BCUT2D eigenvalue weighted by Crippen LogP contribution is 2.60. The van der Waals surface area contributed by atoms with Crippen LogP contribution in [0.2, 0.25) is 0 Å². The third-order valence-electron chi connectivity index (χ3n) is 4.44. The predicted molar refractivity (Wildman–Crippen MR) is 86.3 cm³/mol. The molecule has 0 fully saturated rings. The third kappa shape index (κ3) is 5.61. The average Bonchev–Trinajstić information content (AvgIpc) is 2.61. The molecule has 0 heterocycles. The normalized spacial score (nSPS) is 14.5. The molecule has 0 spiro atoms. The molecular formula is C17H20F13NO. The van der Waals surface area contributed by atoms with Crippen molar-refractivity contribution in [3.8, 4) is 0 Å². The van der Waals surface area contributed by atoms with E-state index in [1.807, 2.05) is 0 Å². The van der Waals surface area contributed by atoms with E-state index in [1.165, 1.54) is 18.9 Å². The lowest BCUT2D eigenvalue weighted by Gasteiger charge is -2.39. The van der Waals surface area contributed by atoms with Gasteiger partial charge in [0, 0.05) is 25.6 Å². The summed E-state index contributed by atoms with van der Waals surface area (Å²) in [6.45, 7) is 4.87. The molecule has 0 unspecified atom stereocenters. The van der Waals surface area contributed by atoms with Crippen molar-refractivity contribution in [3.63, 3.8) is 0 Å². The van der Waals surface area contributed by atoms with Gasteiger partial charge >= 0.3 is 35.8 Å². The monoisotopic (exact) mass is 501 g/mol. The summed E-state index contributed by atoms with van der Waals surface area (Å²) >= 11 is 0. The van der Waals surface area contributed by atoms with Gasteiger partial charge in [0.15, 0.2) is 0 Å². The summed E-state index contributed by atoms with van der Waals surface area (Å²) in [5.41, 5.74) is 0.184. The highest BCUT2D eigenvalue weighted by atomic mass is 19.4. The summed E-state index contributed by atoms with van der Waals surface area (Å²) in [7, 11) is 1.37. The maximum Gasteiger partial charge on any atom is 0.460 e. The lowest BCUT2D eigenvalue weighted by Crippen LogP contribution is -2.70. The Bertz CT molecular complexity index is 670. The van der Waals surface area contributed by atoms with Crippen molar-refractivity contribution in [2.24, 2.45) is 0 Å². The number of amides is 1. The number of halogens is 13. The van der Waals surface area contributed by atoms with Gasteiger partial charge in [0.25, 0.3) is 0 Å². The highest BCUT2D eigenvalue weighted by molar-refractivity contribution is 5.91. The van der Waals surface area contributed by atoms with Gasteiger partial charge in [-0.15, -0.1) is 0 Å². The summed E-state index contributed by atoms with van der Waals surface area (Å²) in [5.74, 6) is -37.0. The molecule has 32 heavy (non-hydrogen) atoms. The number of likely N-dealkylation sites (N-methyl/N-ethyl adjacent to an activating group) is 1. The van der Waals surface area contributed by atoms with Crippen molar-refractivity contribution in [2.75, 3.05) is 13.6 Å². The molecule has 0 radical (unpaired) electrons. The minimum absolute atomic E-state index is 0.00579. The van der Waals surface area contributed by atoms with Crippen LogP contribution >= 0.6 is 0 Å². The van der Waals surface area contributed by atoms with Gasteiger partial charge < -0.3 is 4.90 Å². The molecule has 0 saturated heterocycles. The average molecular weight is 501 g/mol. The highest BCUT2D eigenvalue weighted by Gasteiger charge is 2.90. The van der Waals surface area contributed by atoms with Gasteiger partial charge in [-0.2, -0.15) is 57.1 Å². The minimum atomic E-state index is -7.87. The van der Waals surface area contributed by atoms with Gasteiger partial charge in [0.1, 0.15) is 0 Å². The fraction of sp³-hybridized carbons (Fsp3) is 0.824. The Labute approximate surface area is 174 Å². The molecule has 0 aromatic heterocycles. The summed E-state index contributed by atoms with van der Waals surface area (Å²) in [5, 5.41) is 0. The van der Waals surface area contributed by atoms with E-state index in [9.17, 15) is 61.9 Å². The van der Waals surface area contributed by atoms with Crippen molar-refractivity contribution in [2.45, 2.75) is 74.8 Å². The Balaban J connectivity index is 5.18. The number of rotatable bonds is 12. The van der Waals surface area contributed by atoms with Crippen LogP contribution in [0, 0.1) is 0 Å². The Kier molecular flexibility index (Phi) is 9.14. The molecular weight excluding hydrogens is 481 g/mol. The zero-order valence-corrected chi connectivity index (χ0v) is 16.7. The summed E-state index contributed by atoms with van der Waals surface area (Å²) in [4.78, 5) is 12.7. The molecule has 0 N–H and O–H groups in total. The van der Waals surface area contributed by atoms with Crippen LogP contribution in [0.25, 0.3) is 0 Å². The standard InChI is InChI=1S/C17H20F13NO/c1-10(2)11(32)31(3)9-7-5-4-6-8-12(18,19)13(20,21)14(22,23)15(24,25)16(26,27)17(28,29)30/h1,4-9H2,2-3H3. The second-order valence-corrected chi connectivity index (χ2v) is 7.17. The molecule has 0 aliphatic heterocycles. The lowest BCUT2D eigenvalue weighted by atomic mass is 9.91. The molecule has 0 aromatic rings. The first-order chi connectivity index (χ1) is 14.0. The van der Waals surface area contributed by atoms with E-state index >= 15 is 0 Å². The van der Waals surface area contributed by atoms with Crippen LogP contribution in [-0.4, -0.2) is 60.2 Å². The third-order valence-corrected chi connectivity index (χ3v) is 4.44. The van der Waals surface area contributed by atoms with E-state index in [0.29, 0.717) is 0 Å². The zero-order chi connectivity index (χ0) is 26.0. The molecule has 1 amide bonds. The largest absolute Gasteiger partial charge is 0.460 e. The van der Waals surface area contributed by atoms with E-state index in [4.69, 9.17) is 0 Å². The Hall–Kier alpha value is -1.70. The number of nitrogens with zero attached hydrogens (tertiary/aromatic N) is 1. The van der Waals surface area contributed by atoms with Crippen LogP contribution in [0.4, 0.5) is 57.1 Å². The first kappa shape index (κ1) is 30.3. The number of carbonyl (C=O) groups is 1. The molecule has 0 aromatic carbocycles. The van der Waals surface area contributed by atoms with Gasteiger partial charge in [-0.1, -0.05) is 19.4 Å². The smallest absolute Gasteiger partial charge is 0.342 e. The molecule has 0 atom stereocenters. The Morgan fingerprint density at radius 1 is 0.688 bits per heavy atom. The van der Waals surface area contributed by atoms with E-state index in [1.54, 1.807) is 0 Å². The van der Waals surface area contributed by atoms with Gasteiger partial charge in [0.05, 0.1) is 0 Å². The van der Waals surface area contributed by atoms with Crippen molar-refractivity contribution < 1.29 is 61.9 Å². The molecule has 2 nitrogen and oxygen atoms in total. The number of unbranched alkanes of at least 4 members (excludes halogenated alkanes) is 3. The number of alkyl halides is 13. The summed E-state index contributed by atoms with van der Waals surface area (Å²) < 4.78 is 169. The van der Waals surface area contributed by atoms with Crippen molar-refractivity contribution in [3.05, 3.63) is 12.2 Å². The second-order valence-electron chi connectivity index (χ2n) is 7.17. The molecule has 0 rings (SSSR count). The molecule has 0 aliphatic rings. The van der Waals surface area contributed by atoms with E-state index in [2.05, 4.69) is 6.58 Å². The zero-order valence-electron chi connectivity index (χ0n) is 16.7. The van der Waals surface area contributed by atoms with Gasteiger partial charge in [-0.3, -0.25) is 4.79 Å². The van der Waals surface area contributed by atoms with Crippen LogP contribution in [0.3, 0.4) is 0 Å². The van der Waals surface area contributed by atoms with E-state index in [-0.39, 0.29) is 31.4 Å². The van der Waals surface area contributed by atoms with E-state index < -0.39 is 54.5 Å². The van der Waals surface area contributed by atoms with Crippen LogP contribution < -0.4 is 0 Å². The SMILES string of the molecule is C=C(C)C(=O)N(C)CCCCCCC(F)(F)C(F)(F)C(F)(F)C(F)(F)C(F)(F)C(F)(F)F. The van der Waals surface area contributed by atoms with E-state index in [0.717, 1.165) is 0 Å². The molecule has 190 valence electrons. The Morgan fingerprint density at radius 2 is 1.09 bits per heavy atom. The predicted octanol–water partition coefficient (Wildman–Crippen LogP) is 6.71. The summed E-state index contributed by atoms with van der Waals surface area (Å²) in [6, 6.07) is 0. The number of hydrogen-bond acceptors (Lipinski definition) is 1. The topological polar surface area (TPSA) is 20.3 Å². The van der Waals surface area contributed by atoms with Crippen LogP contribution in [0.5, 0.6) is 0 Å². The van der Waals surface area contributed by atoms with Gasteiger partial charge in [-0.25, -0.2) is 0 Å². The number of carbonyl (C=O) groups excluding carboxylic acids is 1. The molecule has 0 aliphatic carbocycles.